The molecule has 1 aromatic heterocycles. The van der Waals surface area contributed by atoms with Crippen molar-refractivity contribution in [1.82, 2.24) is 9.88 Å². The van der Waals surface area contributed by atoms with Crippen LogP contribution >= 0.6 is 11.3 Å². The molecule has 0 radical (unpaired) electrons. The monoisotopic (exact) mass is 494 g/mol. The minimum atomic E-state index is -0.0858. The van der Waals surface area contributed by atoms with Crippen molar-refractivity contribution in [3.05, 3.63) is 106 Å². The molecule has 0 atom stereocenters. The number of hydrogen-bond donors (Lipinski definition) is 2. The Bertz CT molecular complexity index is 1560. The van der Waals surface area contributed by atoms with Gasteiger partial charge >= 0.3 is 0 Å². The molecule has 0 unspecified atom stereocenters. The van der Waals surface area contributed by atoms with Crippen LogP contribution in [0.15, 0.2) is 95.3 Å². The number of unbranched alkanes of at least 4 members (excludes halogenated alkanes) is 2. The molecule has 36 heavy (non-hydrogen) atoms. The fourth-order valence-electron chi connectivity index (χ4n) is 4.53. The summed E-state index contributed by atoms with van der Waals surface area (Å²) in [5, 5.41) is 9.65. The molecule has 1 heterocycles. The quantitative estimate of drug-likeness (QED) is 0.241. The number of carbonyl (C=O) groups is 1. The highest BCUT2D eigenvalue weighted by molar-refractivity contribution is 7.07. The highest BCUT2D eigenvalue weighted by atomic mass is 32.1. The van der Waals surface area contributed by atoms with Crippen LogP contribution in [-0.2, 0) is 13.1 Å². The number of nitrogens with two attached hydrogens (primary N) is 1. The Labute approximate surface area is 214 Å². The number of carbonyl (C=O) groups excluding carboxylic acids is 1. The number of fused-ring (bicyclic) bond motifs is 2. The summed E-state index contributed by atoms with van der Waals surface area (Å²) < 4.78 is 2.06. The van der Waals surface area contributed by atoms with E-state index in [1.165, 1.54) is 16.7 Å². The van der Waals surface area contributed by atoms with Gasteiger partial charge in [0, 0.05) is 23.9 Å². The summed E-state index contributed by atoms with van der Waals surface area (Å²) in [6.45, 7) is 1.88. The molecule has 0 fully saturated rings. The zero-order chi connectivity index (χ0) is 24.7. The van der Waals surface area contributed by atoms with Crippen LogP contribution in [0.5, 0.6) is 0 Å². The van der Waals surface area contributed by atoms with E-state index in [4.69, 9.17) is 10.7 Å². The fourth-order valence-corrected chi connectivity index (χ4v) is 5.45. The zero-order valence-corrected chi connectivity index (χ0v) is 21.0. The predicted molar refractivity (Wildman–Crippen MR) is 150 cm³/mol. The summed E-state index contributed by atoms with van der Waals surface area (Å²) in [6, 6.07) is 28.8. The lowest BCUT2D eigenvalue weighted by Crippen LogP contribution is -2.28. The van der Waals surface area contributed by atoms with Crippen molar-refractivity contribution in [3.63, 3.8) is 0 Å². The maximum absolute atomic E-state index is 13.4. The van der Waals surface area contributed by atoms with E-state index in [1.807, 2.05) is 47.8 Å². The van der Waals surface area contributed by atoms with Gasteiger partial charge in [-0.2, -0.15) is 0 Å². The average Bonchev–Trinajstić information content (AvgIpc) is 3.32. The summed E-state index contributed by atoms with van der Waals surface area (Å²) in [4.78, 5) is 19.2. The SMILES string of the molecule is NCCCCCn1c(C(=O)NCc2cccc3ccccc23)csc1=Nc1cccc2ccccc12. The first-order valence-electron chi connectivity index (χ1n) is 12.4. The number of rotatable bonds is 9. The van der Waals surface area contributed by atoms with Gasteiger partial charge in [-0.1, -0.05) is 85.3 Å². The number of amides is 1. The standard InChI is InChI=1S/C30H30N4OS/c31-18-6-1-7-19-34-28(29(35)32-20-24-14-8-12-22-10-2-4-15-25(22)24)21-36-30(34)33-27-17-9-13-23-11-3-5-16-26(23)27/h2-5,8-17,21H,1,6-7,18-20,31H2,(H,32,35). The summed E-state index contributed by atoms with van der Waals surface area (Å²) in [7, 11) is 0. The summed E-state index contributed by atoms with van der Waals surface area (Å²) in [5.41, 5.74) is 8.36. The second-order valence-corrected chi connectivity index (χ2v) is 9.67. The first-order valence-corrected chi connectivity index (χ1v) is 13.3. The van der Waals surface area contributed by atoms with Gasteiger partial charge in [-0.15, -0.1) is 11.3 Å². The molecule has 0 spiro atoms. The number of benzene rings is 4. The third kappa shape index (κ3) is 5.25. The Morgan fingerprint density at radius 1 is 0.833 bits per heavy atom. The molecule has 0 saturated heterocycles. The van der Waals surface area contributed by atoms with Gasteiger partial charge in [0.25, 0.3) is 5.91 Å². The van der Waals surface area contributed by atoms with E-state index >= 15 is 0 Å². The lowest BCUT2D eigenvalue weighted by molar-refractivity contribution is 0.0941. The first kappa shape index (κ1) is 24.0. The molecule has 1 amide bonds. The molecule has 0 aliphatic carbocycles. The van der Waals surface area contributed by atoms with Crippen LogP contribution in [0.3, 0.4) is 0 Å². The van der Waals surface area contributed by atoms with Crippen molar-refractivity contribution in [2.75, 3.05) is 6.54 Å². The summed E-state index contributed by atoms with van der Waals surface area (Å²) in [5.74, 6) is -0.0858. The van der Waals surface area contributed by atoms with Gasteiger partial charge in [0.05, 0.1) is 5.69 Å². The molecule has 6 heteroatoms. The van der Waals surface area contributed by atoms with Crippen molar-refractivity contribution >= 4 is 44.5 Å². The molecule has 5 nitrogen and oxygen atoms in total. The Morgan fingerprint density at radius 3 is 2.33 bits per heavy atom. The zero-order valence-electron chi connectivity index (χ0n) is 20.2. The van der Waals surface area contributed by atoms with Crippen molar-refractivity contribution < 1.29 is 4.79 Å². The van der Waals surface area contributed by atoms with Gasteiger partial charge in [0.15, 0.2) is 4.80 Å². The van der Waals surface area contributed by atoms with Crippen molar-refractivity contribution in [2.45, 2.75) is 32.4 Å². The van der Waals surface area contributed by atoms with Crippen molar-refractivity contribution in [3.8, 4) is 0 Å². The molecule has 182 valence electrons. The molecule has 0 aliphatic rings. The lowest BCUT2D eigenvalue weighted by atomic mass is 10.0. The van der Waals surface area contributed by atoms with Gasteiger partial charge < -0.3 is 15.6 Å². The molecular formula is C30H30N4OS. The van der Waals surface area contributed by atoms with E-state index in [1.54, 1.807) is 0 Å². The highest BCUT2D eigenvalue weighted by Gasteiger charge is 2.14. The first-order chi connectivity index (χ1) is 17.7. The van der Waals surface area contributed by atoms with Crippen molar-refractivity contribution in [2.24, 2.45) is 10.7 Å². The van der Waals surface area contributed by atoms with Crippen molar-refractivity contribution in [1.29, 1.82) is 0 Å². The highest BCUT2D eigenvalue weighted by Crippen LogP contribution is 2.25. The predicted octanol–water partition coefficient (Wildman–Crippen LogP) is 6.15. The van der Waals surface area contributed by atoms with E-state index in [0.29, 0.717) is 18.8 Å². The lowest BCUT2D eigenvalue weighted by Gasteiger charge is -2.11. The smallest absolute Gasteiger partial charge is 0.269 e. The van der Waals surface area contributed by atoms with Crippen LogP contribution in [0.1, 0.15) is 35.3 Å². The normalized spacial score (nSPS) is 11.9. The average molecular weight is 495 g/mol. The Morgan fingerprint density at radius 2 is 1.53 bits per heavy atom. The van der Waals surface area contributed by atoms with Crippen LogP contribution < -0.4 is 15.9 Å². The molecule has 4 aromatic carbocycles. The number of nitrogens with zero attached hydrogens (tertiary/aromatic N) is 2. The van der Waals surface area contributed by atoms with Crippen LogP contribution in [0.4, 0.5) is 5.69 Å². The van der Waals surface area contributed by atoms with Gasteiger partial charge in [0.1, 0.15) is 5.69 Å². The number of aromatic nitrogens is 1. The Hall–Kier alpha value is -3.74. The third-order valence-corrected chi connectivity index (χ3v) is 7.28. The number of thiazole rings is 1. The van der Waals surface area contributed by atoms with Crippen LogP contribution in [0.2, 0.25) is 0 Å². The summed E-state index contributed by atoms with van der Waals surface area (Å²) in [6.07, 6.45) is 2.94. The maximum atomic E-state index is 13.4. The second-order valence-electron chi connectivity index (χ2n) is 8.84. The largest absolute Gasteiger partial charge is 0.347 e. The van der Waals surface area contributed by atoms with E-state index in [2.05, 4.69) is 52.3 Å². The van der Waals surface area contributed by atoms with Gasteiger partial charge in [-0.05, 0) is 47.2 Å². The Balaban J connectivity index is 1.45. The van der Waals surface area contributed by atoms with E-state index < -0.39 is 0 Å². The number of hydrogen-bond acceptors (Lipinski definition) is 4. The molecule has 0 saturated carbocycles. The summed E-state index contributed by atoms with van der Waals surface area (Å²) >= 11 is 1.51. The minimum Gasteiger partial charge on any atom is -0.347 e. The molecule has 5 aromatic rings. The molecule has 3 N–H and O–H groups in total. The second kappa shape index (κ2) is 11.3. The molecular weight excluding hydrogens is 464 g/mol. The Kier molecular flexibility index (Phi) is 7.55. The number of nitrogens with one attached hydrogen (secondary N) is 1. The third-order valence-electron chi connectivity index (χ3n) is 6.42. The fraction of sp³-hybridized carbons (Fsp3) is 0.200. The maximum Gasteiger partial charge on any atom is 0.269 e. The van der Waals surface area contributed by atoms with Gasteiger partial charge in [0.2, 0.25) is 0 Å². The topological polar surface area (TPSA) is 72.4 Å². The van der Waals surface area contributed by atoms with E-state index in [-0.39, 0.29) is 5.91 Å². The van der Waals surface area contributed by atoms with Crippen LogP contribution in [-0.4, -0.2) is 17.0 Å². The molecule has 0 aliphatic heterocycles. The van der Waals surface area contributed by atoms with Crippen LogP contribution in [0, 0.1) is 0 Å². The van der Waals surface area contributed by atoms with E-state index in [9.17, 15) is 4.79 Å². The molecule has 0 bridgehead atoms. The van der Waals surface area contributed by atoms with Gasteiger partial charge in [-0.3, -0.25) is 4.79 Å². The van der Waals surface area contributed by atoms with Gasteiger partial charge in [-0.25, -0.2) is 4.99 Å². The minimum absolute atomic E-state index is 0.0858. The molecule has 5 rings (SSSR count). The van der Waals surface area contributed by atoms with E-state index in [0.717, 1.165) is 58.0 Å². The van der Waals surface area contributed by atoms with Crippen LogP contribution in [0.25, 0.3) is 21.5 Å².